The van der Waals surface area contributed by atoms with Gasteiger partial charge >= 0.3 is 0 Å². The molecule has 0 saturated carbocycles. The van der Waals surface area contributed by atoms with Crippen LogP contribution < -0.4 is 10.1 Å². The molecule has 0 fully saturated rings. The number of benzene rings is 2. The van der Waals surface area contributed by atoms with Crippen molar-refractivity contribution in [2.24, 2.45) is 0 Å². The van der Waals surface area contributed by atoms with Crippen molar-refractivity contribution < 1.29 is 14.2 Å². The van der Waals surface area contributed by atoms with Gasteiger partial charge in [-0.05, 0) is 51.0 Å². The molecular formula is C24H31NO3. The van der Waals surface area contributed by atoms with Crippen LogP contribution in [0.25, 0.3) is 0 Å². The van der Waals surface area contributed by atoms with E-state index < -0.39 is 5.60 Å². The van der Waals surface area contributed by atoms with Gasteiger partial charge in [-0.25, -0.2) is 0 Å². The maximum Gasteiger partial charge on any atom is 0.132 e. The molecule has 2 aromatic rings. The average molecular weight is 382 g/mol. The van der Waals surface area contributed by atoms with Crippen molar-refractivity contribution in [2.75, 3.05) is 25.6 Å². The highest BCUT2D eigenvalue weighted by Gasteiger charge is 2.45. The van der Waals surface area contributed by atoms with E-state index in [2.05, 4.69) is 49.5 Å². The second-order valence-electron chi connectivity index (χ2n) is 7.56. The van der Waals surface area contributed by atoms with Gasteiger partial charge in [-0.3, -0.25) is 0 Å². The third-order valence-corrected chi connectivity index (χ3v) is 5.08. The summed E-state index contributed by atoms with van der Waals surface area (Å²) in [4.78, 5) is 0. The fourth-order valence-corrected chi connectivity index (χ4v) is 3.56. The SMILES string of the molecule is C/C=C/COC1C(OCCc2ccccc2)c2cc(NC)ccc2OC1(C)C. The zero-order valence-electron chi connectivity index (χ0n) is 17.3. The van der Waals surface area contributed by atoms with Crippen molar-refractivity contribution in [3.63, 3.8) is 0 Å². The van der Waals surface area contributed by atoms with Gasteiger partial charge in [-0.15, -0.1) is 0 Å². The quantitative estimate of drug-likeness (QED) is 0.641. The maximum atomic E-state index is 6.43. The van der Waals surface area contributed by atoms with Gasteiger partial charge < -0.3 is 19.5 Å². The van der Waals surface area contributed by atoms with Crippen LogP contribution in [0.5, 0.6) is 5.75 Å². The fourth-order valence-electron chi connectivity index (χ4n) is 3.56. The Bertz CT molecular complexity index is 786. The number of fused-ring (bicyclic) bond motifs is 1. The normalized spacial score (nSPS) is 20.6. The zero-order valence-corrected chi connectivity index (χ0v) is 17.3. The van der Waals surface area contributed by atoms with Gasteiger partial charge in [0.2, 0.25) is 0 Å². The lowest BCUT2D eigenvalue weighted by molar-refractivity contribution is -0.157. The van der Waals surface area contributed by atoms with E-state index in [0.717, 1.165) is 23.4 Å². The molecule has 3 rings (SSSR count). The van der Waals surface area contributed by atoms with Gasteiger partial charge in [0.25, 0.3) is 0 Å². The van der Waals surface area contributed by atoms with Crippen molar-refractivity contribution >= 4 is 5.69 Å². The Morgan fingerprint density at radius 2 is 1.89 bits per heavy atom. The van der Waals surface area contributed by atoms with Gasteiger partial charge in [0.15, 0.2) is 0 Å². The lowest BCUT2D eigenvalue weighted by Gasteiger charge is -2.44. The van der Waals surface area contributed by atoms with Crippen molar-refractivity contribution in [1.29, 1.82) is 0 Å². The summed E-state index contributed by atoms with van der Waals surface area (Å²) in [5.41, 5.74) is 2.84. The standard InChI is InChI=1S/C24H31NO3/c1-5-6-15-27-23-22(26-16-14-18-10-8-7-9-11-18)20-17-19(25-4)12-13-21(20)28-24(23,2)3/h5-13,17,22-23,25H,14-16H2,1-4H3/b6-5+. The van der Waals surface area contributed by atoms with E-state index in [-0.39, 0.29) is 12.2 Å². The Balaban J connectivity index is 1.85. The van der Waals surface area contributed by atoms with Crippen LogP contribution in [-0.2, 0) is 15.9 Å². The molecule has 4 nitrogen and oxygen atoms in total. The molecule has 2 aromatic carbocycles. The molecule has 0 saturated heterocycles. The molecule has 28 heavy (non-hydrogen) atoms. The first-order valence-electron chi connectivity index (χ1n) is 9.94. The van der Waals surface area contributed by atoms with Crippen molar-refractivity contribution in [1.82, 2.24) is 0 Å². The summed E-state index contributed by atoms with van der Waals surface area (Å²) in [5, 5.41) is 3.20. The lowest BCUT2D eigenvalue weighted by atomic mass is 9.87. The topological polar surface area (TPSA) is 39.7 Å². The molecule has 2 atom stereocenters. The van der Waals surface area contributed by atoms with E-state index in [4.69, 9.17) is 14.2 Å². The van der Waals surface area contributed by atoms with Crippen LogP contribution >= 0.6 is 0 Å². The number of anilines is 1. The molecule has 0 bridgehead atoms. The van der Waals surface area contributed by atoms with E-state index in [1.54, 1.807) is 0 Å². The minimum Gasteiger partial charge on any atom is -0.485 e. The summed E-state index contributed by atoms with van der Waals surface area (Å²) < 4.78 is 19.0. The van der Waals surface area contributed by atoms with Crippen molar-refractivity contribution in [3.8, 4) is 5.75 Å². The molecule has 2 unspecified atom stereocenters. The third kappa shape index (κ3) is 4.75. The molecule has 0 spiro atoms. The van der Waals surface area contributed by atoms with E-state index in [9.17, 15) is 0 Å². The van der Waals surface area contributed by atoms with Crippen LogP contribution in [-0.4, -0.2) is 32.0 Å². The van der Waals surface area contributed by atoms with Crippen molar-refractivity contribution in [3.05, 3.63) is 71.8 Å². The predicted octanol–water partition coefficient (Wildman–Crippen LogP) is 5.16. The summed E-state index contributed by atoms with van der Waals surface area (Å²) >= 11 is 0. The van der Waals surface area contributed by atoms with Crippen LogP contribution in [0.15, 0.2) is 60.7 Å². The number of ether oxygens (including phenoxy) is 3. The van der Waals surface area contributed by atoms with Crippen LogP contribution in [0.2, 0.25) is 0 Å². The highest BCUT2D eigenvalue weighted by molar-refractivity contribution is 5.53. The van der Waals surface area contributed by atoms with Gasteiger partial charge in [0, 0.05) is 18.3 Å². The monoisotopic (exact) mass is 381 g/mol. The second kappa shape index (κ2) is 9.26. The number of hydrogen-bond acceptors (Lipinski definition) is 4. The smallest absolute Gasteiger partial charge is 0.132 e. The van der Waals surface area contributed by atoms with Crippen molar-refractivity contribution in [2.45, 2.75) is 45.0 Å². The highest BCUT2D eigenvalue weighted by Crippen LogP contribution is 2.44. The molecule has 4 heteroatoms. The molecule has 1 N–H and O–H groups in total. The van der Waals surface area contributed by atoms with Crippen LogP contribution in [0.1, 0.15) is 38.0 Å². The summed E-state index contributed by atoms with van der Waals surface area (Å²) in [6.45, 7) is 7.28. The summed E-state index contributed by atoms with van der Waals surface area (Å²) in [6, 6.07) is 16.6. The Kier molecular flexibility index (Phi) is 6.76. The Labute approximate surface area is 168 Å². The molecule has 1 aliphatic heterocycles. The summed E-state index contributed by atoms with van der Waals surface area (Å²) in [5.74, 6) is 0.861. The molecule has 0 radical (unpaired) electrons. The van der Waals surface area contributed by atoms with E-state index >= 15 is 0 Å². The first-order chi connectivity index (χ1) is 13.5. The molecule has 1 aliphatic rings. The third-order valence-electron chi connectivity index (χ3n) is 5.08. The molecule has 0 aliphatic carbocycles. The number of hydrogen-bond donors (Lipinski definition) is 1. The van der Waals surface area contributed by atoms with Crippen LogP contribution in [0.3, 0.4) is 0 Å². The number of rotatable bonds is 8. The lowest BCUT2D eigenvalue weighted by Crippen LogP contribution is -2.51. The second-order valence-corrected chi connectivity index (χ2v) is 7.56. The van der Waals surface area contributed by atoms with Gasteiger partial charge in [-0.1, -0.05) is 42.5 Å². The molecule has 0 amide bonds. The Morgan fingerprint density at radius 3 is 2.61 bits per heavy atom. The fraction of sp³-hybridized carbons (Fsp3) is 0.417. The van der Waals surface area contributed by atoms with Gasteiger partial charge in [0.05, 0.1) is 13.2 Å². The van der Waals surface area contributed by atoms with Gasteiger partial charge in [0.1, 0.15) is 23.6 Å². The predicted molar refractivity (Wildman–Crippen MR) is 114 cm³/mol. The molecule has 150 valence electrons. The number of allylic oxidation sites excluding steroid dienone is 1. The average Bonchev–Trinajstić information content (AvgIpc) is 2.70. The van der Waals surface area contributed by atoms with E-state index in [1.165, 1.54) is 5.56 Å². The van der Waals surface area contributed by atoms with Crippen LogP contribution in [0, 0.1) is 0 Å². The minimum atomic E-state index is -0.493. The Morgan fingerprint density at radius 1 is 1.11 bits per heavy atom. The Hall–Kier alpha value is -2.30. The van der Waals surface area contributed by atoms with Crippen LogP contribution in [0.4, 0.5) is 5.69 Å². The van der Waals surface area contributed by atoms with E-state index in [0.29, 0.717) is 13.2 Å². The number of nitrogens with one attached hydrogen (secondary N) is 1. The first-order valence-corrected chi connectivity index (χ1v) is 9.94. The summed E-state index contributed by atoms with van der Waals surface area (Å²) in [6.07, 6.45) is 4.47. The largest absolute Gasteiger partial charge is 0.485 e. The van der Waals surface area contributed by atoms with Gasteiger partial charge in [-0.2, -0.15) is 0 Å². The minimum absolute atomic E-state index is 0.194. The zero-order chi connectivity index (χ0) is 20.0. The van der Waals surface area contributed by atoms with E-state index in [1.807, 2.05) is 44.3 Å². The molecular weight excluding hydrogens is 350 g/mol. The first kappa shape index (κ1) is 20.4. The maximum absolute atomic E-state index is 6.43. The molecule has 0 aromatic heterocycles. The highest BCUT2D eigenvalue weighted by atomic mass is 16.6. The molecule has 1 heterocycles. The summed E-state index contributed by atoms with van der Waals surface area (Å²) in [7, 11) is 1.92.